The molecule has 0 aliphatic carbocycles. The lowest BCUT2D eigenvalue weighted by molar-refractivity contribution is -0.115. The first kappa shape index (κ1) is 21.4. The number of rotatable bonds is 6. The summed E-state index contributed by atoms with van der Waals surface area (Å²) in [6.45, 7) is 2.29. The van der Waals surface area contributed by atoms with Crippen LogP contribution in [-0.4, -0.2) is 63.9 Å². The molecule has 0 bridgehead atoms. The maximum absolute atomic E-state index is 13.0. The molecule has 1 amide bonds. The number of carbonyl (C=O) groups is 1. The molecule has 4 rings (SSSR count). The number of furan rings is 1. The number of ether oxygens (including phenoxy) is 1. The van der Waals surface area contributed by atoms with E-state index < -0.39 is 10.0 Å². The fourth-order valence-electron chi connectivity index (χ4n) is 3.62. The number of nitrogens with zero attached hydrogens (tertiary/aromatic N) is 2. The van der Waals surface area contributed by atoms with Gasteiger partial charge in [-0.15, -0.1) is 0 Å². The second-order valence-corrected chi connectivity index (χ2v) is 9.52. The second-order valence-electron chi connectivity index (χ2n) is 7.58. The summed E-state index contributed by atoms with van der Waals surface area (Å²) in [5.41, 5.74) is 1.83. The summed E-state index contributed by atoms with van der Waals surface area (Å²) in [6.07, 6.45) is 1.66. The van der Waals surface area contributed by atoms with Crippen LogP contribution in [0, 0.1) is 0 Å². The number of fused-ring (bicyclic) bond motifs is 1. The molecule has 2 heterocycles. The van der Waals surface area contributed by atoms with Gasteiger partial charge in [0.1, 0.15) is 11.3 Å². The number of methoxy groups -OCH3 is 1. The third-order valence-electron chi connectivity index (χ3n) is 5.43. The lowest BCUT2D eigenvalue weighted by Crippen LogP contribution is -2.47. The lowest BCUT2D eigenvalue weighted by Gasteiger charge is -2.31. The molecule has 1 saturated heterocycles. The molecule has 1 aromatic heterocycles. The third kappa shape index (κ3) is 4.58. The second kappa shape index (κ2) is 8.70. The minimum atomic E-state index is -3.60. The van der Waals surface area contributed by atoms with Gasteiger partial charge in [-0.1, -0.05) is 6.07 Å². The smallest absolute Gasteiger partial charge is 0.243 e. The molecular formula is C22H25N3O5S. The van der Waals surface area contributed by atoms with Gasteiger partial charge >= 0.3 is 0 Å². The van der Waals surface area contributed by atoms with E-state index in [-0.39, 0.29) is 17.2 Å². The highest BCUT2D eigenvalue weighted by Gasteiger charge is 2.27. The van der Waals surface area contributed by atoms with Gasteiger partial charge in [0.05, 0.1) is 24.7 Å². The number of hydrogen-bond acceptors (Lipinski definition) is 6. The topological polar surface area (TPSA) is 92.1 Å². The molecular weight excluding hydrogens is 418 g/mol. The fourth-order valence-corrected chi connectivity index (χ4v) is 5.09. The van der Waals surface area contributed by atoms with Crippen LogP contribution < -0.4 is 10.1 Å². The van der Waals surface area contributed by atoms with Crippen LogP contribution in [-0.2, 0) is 21.2 Å². The van der Waals surface area contributed by atoms with E-state index in [2.05, 4.69) is 10.2 Å². The number of likely N-dealkylation sites (N-methyl/N-ethyl adjacent to an activating group) is 1. The summed E-state index contributed by atoms with van der Waals surface area (Å²) in [5.74, 6) is 0.420. The van der Waals surface area contributed by atoms with Crippen LogP contribution in [0.25, 0.3) is 11.0 Å². The van der Waals surface area contributed by atoms with E-state index in [1.54, 1.807) is 37.6 Å². The molecule has 3 aromatic rings. The summed E-state index contributed by atoms with van der Waals surface area (Å²) in [5, 5.41) is 3.63. The number of anilines is 1. The maximum atomic E-state index is 13.0. The Balaban J connectivity index is 1.47. The maximum Gasteiger partial charge on any atom is 0.243 e. The number of carbonyl (C=O) groups excluding carboxylic acids is 1. The molecule has 0 radical (unpaired) electrons. The van der Waals surface area contributed by atoms with Gasteiger partial charge in [0.15, 0.2) is 0 Å². The first-order valence-electron chi connectivity index (χ1n) is 9.99. The van der Waals surface area contributed by atoms with Crippen molar-refractivity contribution in [1.29, 1.82) is 0 Å². The van der Waals surface area contributed by atoms with Gasteiger partial charge in [-0.05, 0) is 37.4 Å². The van der Waals surface area contributed by atoms with Crippen molar-refractivity contribution in [3.05, 3.63) is 54.3 Å². The van der Waals surface area contributed by atoms with Crippen molar-refractivity contribution < 1.29 is 22.4 Å². The molecule has 1 fully saturated rings. The molecule has 9 heteroatoms. The Morgan fingerprint density at radius 1 is 1.13 bits per heavy atom. The molecule has 0 saturated carbocycles. The van der Waals surface area contributed by atoms with Gasteiger partial charge < -0.3 is 19.4 Å². The Hall–Kier alpha value is -2.88. The van der Waals surface area contributed by atoms with Crippen molar-refractivity contribution in [2.75, 3.05) is 45.7 Å². The number of hydrogen-bond donors (Lipinski definition) is 1. The Morgan fingerprint density at radius 2 is 1.90 bits per heavy atom. The van der Waals surface area contributed by atoms with E-state index in [4.69, 9.17) is 9.15 Å². The molecule has 0 spiro atoms. The van der Waals surface area contributed by atoms with E-state index in [1.165, 1.54) is 10.4 Å². The minimum Gasteiger partial charge on any atom is -0.497 e. The van der Waals surface area contributed by atoms with Crippen molar-refractivity contribution in [2.45, 2.75) is 11.3 Å². The number of piperazine rings is 1. The largest absolute Gasteiger partial charge is 0.497 e. The molecule has 1 N–H and O–H groups in total. The summed E-state index contributed by atoms with van der Waals surface area (Å²) >= 11 is 0. The van der Waals surface area contributed by atoms with Crippen molar-refractivity contribution in [1.82, 2.24) is 9.21 Å². The van der Waals surface area contributed by atoms with Crippen LogP contribution in [0.4, 0.5) is 5.69 Å². The summed E-state index contributed by atoms with van der Waals surface area (Å²) in [6, 6.07) is 11.8. The Bertz CT molecular complexity index is 1200. The van der Waals surface area contributed by atoms with Gasteiger partial charge in [-0.3, -0.25) is 4.79 Å². The average Bonchev–Trinajstić information content (AvgIpc) is 3.16. The highest BCUT2D eigenvalue weighted by molar-refractivity contribution is 7.89. The highest BCUT2D eigenvalue weighted by atomic mass is 32.2. The molecule has 1 aliphatic rings. The van der Waals surface area contributed by atoms with Crippen LogP contribution in [0.5, 0.6) is 5.75 Å². The summed E-state index contributed by atoms with van der Waals surface area (Å²) in [4.78, 5) is 14.9. The highest BCUT2D eigenvalue weighted by Crippen LogP contribution is 2.26. The Morgan fingerprint density at radius 3 is 2.65 bits per heavy atom. The van der Waals surface area contributed by atoms with Crippen molar-refractivity contribution >= 4 is 32.6 Å². The van der Waals surface area contributed by atoms with E-state index in [0.29, 0.717) is 43.2 Å². The van der Waals surface area contributed by atoms with Crippen LogP contribution in [0.3, 0.4) is 0 Å². The average molecular weight is 444 g/mol. The van der Waals surface area contributed by atoms with Crippen molar-refractivity contribution in [3.8, 4) is 5.75 Å². The Labute approximate surface area is 181 Å². The van der Waals surface area contributed by atoms with Gasteiger partial charge in [-0.25, -0.2) is 8.42 Å². The summed E-state index contributed by atoms with van der Waals surface area (Å²) in [7, 11) is -0.0487. The normalized spacial score (nSPS) is 15.8. The van der Waals surface area contributed by atoms with E-state index in [1.807, 2.05) is 19.2 Å². The molecule has 1 aliphatic heterocycles. The third-order valence-corrected chi connectivity index (χ3v) is 7.33. The molecule has 31 heavy (non-hydrogen) atoms. The first-order chi connectivity index (χ1) is 14.9. The zero-order chi connectivity index (χ0) is 22.0. The van der Waals surface area contributed by atoms with Crippen LogP contribution in [0.2, 0.25) is 0 Å². The van der Waals surface area contributed by atoms with Crippen molar-refractivity contribution in [3.63, 3.8) is 0 Å². The molecule has 0 atom stereocenters. The van der Waals surface area contributed by atoms with E-state index in [9.17, 15) is 13.2 Å². The molecule has 164 valence electrons. The Kier molecular flexibility index (Phi) is 5.99. The lowest BCUT2D eigenvalue weighted by atomic mass is 10.1. The monoisotopic (exact) mass is 443 g/mol. The standard InChI is InChI=1S/C22H25N3O5S/c1-24-8-10-25(11-9-24)31(27,28)19-5-3-4-17(13-19)23-22(26)12-16-15-30-21-14-18(29-2)6-7-20(16)21/h3-7,13-15H,8-12H2,1-2H3,(H,23,26). The number of amides is 1. The quantitative estimate of drug-likeness (QED) is 0.630. The molecule has 0 unspecified atom stereocenters. The van der Waals surface area contributed by atoms with E-state index in [0.717, 1.165) is 10.9 Å². The van der Waals surface area contributed by atoms with Gasteiger partial charge in [0.2, 0.25) is 15.9 Å². The predicted molar refractivity (Wildman–Crippen MR) is 118 cm³/mol. The number of nitrogens with one attached hydrogen (secondary N) is 1. The number of benzene rings is 2. The number of sulfonamides is 1. The molecule has 2 aromatic carbocycles. The SMILES string of the molecule is COc1ccc2c(CC(=O)Nc3cccc(S(=O)(=O)N4CCN(C)CC4)c3)coc2c1. The minimum absolute atomic E-state index is 0.106. The van der Waals surface area contributed by atoms with Gasteiger partial charge in [0, 0.05) is 48.9 Å². The zero-order valence-electron chi connectivity index (χ0n) is 17.5. The predicted octanol–water partition coefficient (Wildman–Crippen LogP) is 2.56. The van der Waals surface area contributed by atoms with Gasteiger partial charge in [0.25, 0.3) is 0 Å². The van der Waals surface area contributed by atoms with Gasteiger partial charge in [-0.2, -0.15) is 4.31 Å². The van der Waals surface area contributed by atoms with Crippen LogP contribution >= 0.6 is 0 Å². The van der Waals surface area contributed by atoms with Crippen molar-refractivity contribution in [2.24, 2.45) is 0 Å². The fraction of sp³-hybridized carbons (Fsp3) is 0.318. The first-order valence-corrected chi connectivity index (χ1v) is 11.4. The van der Waals surface area contributed by atoms with E-state index >= 15 is 0 Å². The zero-order valence-corrected chi connectivity index (χ0v) is 18.3. The van der Waals surface area contributed by atoms with Crippen LogP contribution in [0.1, 0.15) is 5.56 Å². The van der Waals surface area contributed by atoms with Crippen LogP contribution in [0.15, 0.2) is 58.0 Å². The molecule has 8 nitrogen and oxygen atoms in total. The summed E-state index contributed by atoms with van der Waals surface area (Å²) < 4.78 is 38.1.